The minimum Gasteiger partial charge on any atom is -0.272 e. The summed E-state index contributed by atoms with van der Waals surface area (Å²) in [6.45, 7) is 5.90. The van der Waals surface area contributed by atoms with Gasteiger partial charge in [-0.05, 0) is 56.2 Å². The molecule has 3 aromatic rings. The number of carbonyl (C=O) groups excluding carboxylic acids is 2. The number of rotatable bonds is 7. The summed E-state index contributed by atoms with van der Waals surface area (Å²) >= 11 is 2.99. The first-order valence-corrected chi connectivity index (χ1v) is 11.7. The van der Waals surface area contributed by atoms with Gasteiger partial charge in [0.1, 0.15) is 0 Å². The standard InChI is InChI=1S/C23H24N4O2S2/c1-15-6-4-5-7-20(15)30-14-21(28)26-27-22(29)19-10-8-18(9-11-19)13-31-23-24-16(2)12-17(3)25-23/h4-12H,13-14H2,1-3H3,(H,26,28)(H,27,29). The molecular weight excluding hydrogens is 428 g/mol. The fourth-order valence-corrected chi connectivity index (χ4v) is 4.49. The molecule has 0 saturated heterocycles. The Hall–Kier alpha value is -2.84. The molecule has 0 aliphatic rings. The van der Waals surface area contributed by atoms with E-state index in [-0.39, 0.29) is 17.6 Å². The van der Waals surface area contributed by atoms with Crippen LogP contribution in [0, 0.1) is 20.8 Å². The van der Waals surface area contributed by atoms with Crippen molar-refractivity contribution in [1.29, 1.82) is 0 Å². The number of nitrogens with zero attached hydrogens (tertiary/aromatic N) is 2. The van der Waals surface area contributed by atoms with Gasteiger partial charge in [0.2, 0.25) is 5.91 Å². The van der Waals surface area contributed by atoms with Crippen LogP contribution >= 0.6 is 23.5 Å². The SMILES string of the molecule is Cc1cc(C)nc(SCc2ccc(C(=O)NNC(=O)CSc3ccccc3C)cc2)n1. The van der Waals surface area contributed by atoms with Crippen molar-refractivity contribution in [3.05, 3.63) is 82.7 Å². The Morgan fingerprint density at radius 2 is 1.55 bits per heavy atom. The summed E-state index contributed by atoms with van der Waals surface area (Å²) < 4.78 is 0. The summed E-state index contributed by atoms with van der Waals surface area (Å²) in [5.74, 6) is 0.313. The van der Waals surface area contributed by atoms with Gasteiger partial charge in [0.15, 0.2) is 5.16 Å². The molecule has 0 aliphatic carbocycles. The predicted molar refractivity (Wildman–Crippen MR) is 125 cm³/mol. The van der Waals surface area contributed by atoms with Crippen molar-refractivity contribution in [2.75, 3.05) is 5.75 Å². The molecule has 0 unspecified atom stereocenters. The molecule has 6 nitrogen and oxygen atoms in total. The van der Waals surface area contributed by atoms with Gasteiger partial charge in [0, 0.05) is 27.6 Å². The molecular formula is C23H24N4O2S2. The third kappa shape index (κ3) is 7.11. The molecule has 2 N–H and O–H groups in total. The van der Waals surface area contributed by atoms with E-state index in [0.29, 0.717) is 11.3 Å². The van der Waals surface area contributed by atoms with Crippen molar-refractivity contribution in [3.8, 4) is 0 Å². The van der Waals surface area contributed by atoms with Crippen molar-refractivity contribution in [3.63, 3.8) is 0 Å². The molecule has 0 radical (unpaired) electrons. The normalized spacial score (nSPS) is 10.5. The van der Waals surface area contributed by atoms with Crippen LogP contribution in [0.5, 0.6) is 0 Å². The average Bonchev–Trinajstić information content (AvgIpc) is 2.75. The Balaban J connectivity index is 1.45. The zero-order chi connectivity index (χ0) is 22.2. The van der Waals surface area contributed by atoms with Crippen LogP contribution < -0.4 is 10.9 Å². The lowest BCUT2D eigenvalue weighted by molar-refractivity contribution is -0.119. The van der Waals surface area contributed by atoms with E-state index in [2.05, 4.69) is 20.8 Å². The van der Waals surface area contributed by atoms with Crippen LogP contribution in [-0.2, 0) is 10.5 Å². The first-order chi connectivity index (χ1) is 14.9. The molecule has 3 rings (SSSR count). The second-order valence-electron chi connectivity index (χ2n) is 6.98. The number of thioether (sulfide) groups is 2. The van der Waals surface area contributed by atoms with E-state index in [4.69, 9.17) is 0 Å². The molecule has 0 spiro atoms. The molecule has 0 bridgehead atoms. The number of nitrogens with one attached hydrogen (secondary N) is 2. The zero-order valence-corrected chi connectivity index (χ0v) is 19.3. The summed E-state index contributed by atoms with van der Waals surface area (Å²) in [5, 5.41) is 0.741. The quantitative estimate of drug-likeness (QED) is 0.317. The molecule has 31 heavy (non-hydrogen) atoms. The van der Waals surface area contributed by atoms with Crippen molar-refractivity contribution >= 4 is 35.3 Å². The lowest BCUT2D eigenvalue weighted by atomic mass is 10.1. The van der Waals surface area contributed by atoms with Crippen LogP contribution in [-0.4, -0.2) is 27.5 Å². The second-order valence-corrected chi connectivity index (χ2v) is 8.94. The summed E-state index contributed by atoms with van der Waals surface area (Å²) in [4.78, 5) is 34.2. The van der Waals surface area contributed by atoms with Crippen molar-refractivity contribution in [2.45, 2.75) is 36.6 Å². The Kier molecular flexibility index (Phi) is 8.08. The number of hydrogen-bond donors (Lipinski definition) is 2. The average molecular weight is 453 g/mol. The van der Waals surface area contributed by atoms with Crippen LogP contribution in [0.4, 0.5) is 0 Å². The van der Waals surface area contributed by atoms with E-state index in [1.54, 1.807) is 23.9 Å². The number of hydrogen-bond acceptors (Lipinski definition) is 6. The molecule has 0 atom stereocenters. The molecule has 2 amide bonds. The number of hydrazine groups is 1. The highest BCUT2D eigenvalue weighted by Crippen LogP contribution is 2.21. The minimum atomic E-state index is -0.355. The van der Waals surface area contributed by atoms with Crippen molar-refractivity contribution in [1.82, 2.24) is 20.8 Å². The topological polar surface area (TPSA) is 84.0 Å². The Bertz CT molecular complexity index is 1050. The van der Waals surface area contributed by atoms with Gasteiger partial charge >= 0.3 is 0 Å². The first-order valence-electron chi connectivity index (χ1n) is 9.72. The van der Waals surface area contributed by atoms with Gasteiger partial charge < -0.3 is 0 Å². The number of aryl methyl sites for hydroxylation is 3. The van der Waals surface area contributed by atoms with Gasteiger partial charge in [-0.2, -0.15) is 0 Å². The zero-order valence-electron chi connectivity index (χ0n) is 17.6. The van der Waals surface area contributed by atoms with Gasteiger partial charge in [-0.1, -0.05) is 42.1 Å². The Morgan fingerprint density at radius 1 is 0.871 bits per heavy atom. The Morgan fingerprint density at radius 3 is 2.23 bits per heavy atom. The molecule has 1 aromatic heterocycles. The molecule has 2 aromatic carbocycles. The predicted octanol–water partition coefficient (Wildman–Crippen LogP) is 4.25. The summed E-state index contributed by atoms with van der Waals surface area (Å²) in [5.41, 5.74) is 9.47. The highest BCUT2D eigenvalue weighted by Gasteiger charge is 2.09. The number of carbonyl (C=O) groups is 2. The van der Waals surface area contributed by atoms with E-state index in [1.807, 2.05) is 63.2 Å². The largest absolute Gasteiger partial charge is 0.272 e. The van der Waals surface area contributed by atoms with Gasteiger partial charge in [-0.15, -0.1) is 11.8 Å². The maximum absolute atomic E-state index is 12.3. The van der Waals surface area contributed by atoms with Gasteiger partial charge in [0.05, 0.1) is 5.75 Å². The number of benzene rings is 2. The van der Waals surface area contributed by atoms with Crippen LogP contribution in [0.3, 0.4) is 0 Å². The van der Waals surface area contributed by atoms with Crippen molar-refractivity contribution < 1.29 is 9.59 Å². The number of aromatic nitrogens is 2. The van der Waals surface area contributed by atoms with Gasteiger partial charge in [0.25, 0.3) is 5.91 Å². The van der Waals surface area contributed by atoms with Crippen LogP contribution in [0.15, 0.2) is 64.6 Å². The Labute approximate surface area is 190 Å². The van der Waals surface area contributed by atoms with Crippen LogP contribution in [0.25, 0.3) is 0 Å². The highest BCUT2D eigenvalue weighted by atomic mass is 32.2. The van der Waals surface area contributed by atoms with E-state index in [0.717, 1.165) is 32.6 Å². The third-order valence-corrected chi connectivity index (χ3v) is 6.41. The minimum absolute atomic E-state index is 0.224. The summed E-state index contributed by atoms with van der Waals surface area (Å²) in [6, 6.07) is 17.1. The lowest BCUT2D eigenvalue weighted by Crippen LogP contribution is -2.42. The maximum atomic E-state index is 12.3. The molecule has 0 fully saturated rings. The van der Waals surface area contributed by atoms with E-state index in [9.17, 15) is 9.59 Å². The first kappa shape index (κ1) is 22.8. The maximum Gasteiger partial charge on any atom is 0.269 e. The highest BCUT2D eigenvalue weighted by molar-refractivity contribution is 8.00. The fraction of sp³-hybridized carbons (Fsp3) is 0.217. The molecule has 8 heteroatoms. The molecule has 1 heterocycles. The molecule has 160 valence electrons. The van der Waals surface area contributed by atoms with Gasteiger partial charge in [-0.3, -0.25) is 20.4 Å². The number of amides is 2. The van der Waals surface area contributed by atoms with Crippen LogP contribution in [0.2, 0.25) is 0 Å². The third-order valence-electron chi connectivity index (χ3n) is 4.31. The second kappa shape index (κ2) is 11.0. The smallest absolute Gasteiger partial charge is 0.269 e. The molecule has 0 saturated carbocycles. The lowest BCUT2D eigenvalue weighted by Gasteiger charge is -2.09. The summed E-state index contributed by atoms with van der Waals surface area (Å²) in [7, 11) is 0. The summed E-state index contributed by atoms with van der Waals surface area (Å²) in [6.07, 6.45) is 0. The monoisotopic (exact) mass is 452 g/mol. The molecule has 0 aliphatic heterocycles. The van der Waals surface area contributed by atoms with Crippen LogP contribution in [0.1, 0.15) is 32.9 Å². The fourth-order valence-electron chi connectivity index (χ4n) is 2.75. The van der Waals surface area contributed by atoms with E-state index < -0.39 is 0 Å². The van der Waals surface area contributed by atoms with Crippen molar-refractivity contribution in [2.24, 2.45) is 0 Å². The van der Waals surface area contributed by atoms with Gasteiger partial charge in [-0.25, -0.2) is 9.97 Å². The van der Waals surface area contributed by atoms with E-state index in [1.165, 1.54) is 11.8 Å². The van der Waals surface area contributed by atoms with E-state index >= 15 is 0 Å².